The smallest absolute Gasteiger partial charge is 0.0379 e. The van der Waals surface area contributed by atoms with Crippen LogP contribution in [0.25, 0.3) is 64.6 Å². The molecule has 0 fully saturated rings. The SMILES string of the molecule is CC.CC.CC.CC.CC.CC.Cc1cc2ccccc2cn1.Cc1ccc2ccncc2c1.Cc1ccc2cnccc2c1.Cc1cccc2ccncc12.Cc1cccc2cnccc12.Cc1cncc2ccccc12. The molecule has 6 heterocycles. The number of hydrogen-bond donors (Lipinski definition) is 0. The lowest BCUT2D eigenvalue weighted by molar-refractivity contribution is 1.22. The van der Waals surface area contributed by atoms with E-state index in [9.17, 15) is 0 Å². The normalized spacial score (nSPS) is 9.15. The highest BCUT2D eigenvalue weighted by Crippen LogP contribution is 2.19. The summed E-state index contributed by atoms with van der Waals surface area (Å²) in [5.74, 6) is 0. The molecular weight excluding hydrogens is 949 g/mol. The zero-order valence-electron chi connectivity index (χ0n) is 50.5. The lowest BCUT2D eigenvalue weighted by Crippen LogP contribution is -1.79. The summed E-state index contributed by atoms with van der Waals surface area (Å²) in [7, 11) is 0. The molecule has 0 aliphatic carbocycles. The molecule has 0 radical (unpaired) electrons. The number of aromatic nitrogens is 6. The number of pyridine rings is 6. The molecule has 0 aliphatic heterocycles. The van der Waals surface area contributed by atoms with Crippen LogP contribution in [0.15, 0.2) is 220 Å². The molecule has 78 heavy (non-hydrogen) atoms. The number of aryl methyl sites for hydroxylation is 6. The fraction of sp³-hybridized carbons (Fsp3) is 0.250. The molecule has 0 saturated carbocycles. The molecule has 0 saturated heterocycles. The van der Waals surface area contributed by atoms with Crippen LogP contribution in [0.3, 0.4) is 0 Å². The highest BCUT2D eigenvalue weighted by molar-refractivity contribution is 5.86. The topological polar surface area (TPSA) is 77.3 Å². The van der Waals surface area contributed by atoms with Crippen molar-refractivity contribution in [2.45, 2.75) is 125 Å². The van der Waals surface area contributed by atoms with Gasteiger partial charge in [-0.25, -0.2) is 0 Å². The minimum atomic E-state index is 1.07. The first-order valence-corrected chi connectivity index (χ1v) is 28.0. The average Bonchev–Trinajstić information content (AvgIpc) is 3.52. The Morgan fingerprint density at radius 3 is 1.23 bits per heavy atom. The Morgan fingerprint density at radius 1 is 0.231 bits per heavy atom. The Hall–Kier alpha value is -8.22. The van der Waals surface area contributed by atoms with Gasteiger partial charge in [-0.05, 0) is 127 Å². The van der Waals surface area contributed by atoms with Gasteiger partial charge in [0, 0.05) is 106 Å². The lowest BCUT2D eigenvalue weighted by Gasteiger charge is -1.98. The first-order valence-electron chi connectivity index (χ1n) is 28.0. The van der Waals surface area contributed by atoms with E-state index in [0.29, 0.717) is 0 Å². The summed E-state index contributed by atoms with van der Waals surface area (Å²) in [5.41, 5.74) is 7.49. The highest BCUT2D eigenvalue weighted by atomic mass is 14.7. The van der Waals surface area contributed by atoms with Crippen molar-refractivity contribution in [2.75, 3.05) is 0 Å². The third kappa shape index (κ3) is 22.9. The van der Waals surface area contributed by atoms with E-state index < -0.39 is 0 Å². The zero-order valence-corrected chi connectivity index (χ0v) is 50.5. The lowest BCUT2D eigenvalue weighted by atomic mass is 10.1. The van der Waals surface area contributed by atoms with Crippen LogP contribution < -0.4 is 0 Å². The maximum absolute atomic E-state index is 4.21. The molecule has 0 N–H and O–H groups in total. The average molecular weight is 1040 g/mol. The van der Waals surface area contributed by atoms with Crippen molar-refractivity contribution < 1.29 is 0 Å². The van der Waals surface area contributed by atoms with E-state index in [4.69, 9.17) is 0 Å². The van der Waals surface area contributed by atoms with Crippen LogP contribution in [0.4, 0.5) is 0 Å². The summed E-state index contributed by atoms with van der Waals surface area (Å²) in [6.07, 6.45) is 20.6. The van der Waals surface area contributed by atoms with Crippen molar-refractivity contribution in [1.82, 2.24) is 29.9 Å². The summed E-state index contributed by atoms with van der Waals surface area (Å²) in [5, 5.41) is 14.9. The molecule has 6 aromatic heterocycles. The first-order chi connectivity index (χ1) is 38.2. The van der Waals surface area contributed by atoms with Crippen molar-refractivity contribution in [3.8, 4) is 0 Å². The number of fused-ring (bicyclic) bond motifs is 6. The van der Waals surface area contributed by atoms with E-state index in [-0.39, 0.29) is 0 Å². The van der Waals surface area contributed by atoms with Crippen molar-refractivity contribution in [2.24, 2.45) is 0 Å². The van der Waals surface area contributed by atoms with Crippen molar-refractivity contribution in [3.05, 3.63) is 253 Å². The second-order valence-corrected chi connectivity index (χ2v) is 16.1. The molecule has 0 aliphatic rings. The second kappa shape index (κ2) is 41.0. The van der Waals surface area contributed by atoms with Gasteiger partial charge in [0.2, 0.25) is 0 Å². The number of nitrogens with zero attached hydrogens (tertiary/aromatic N) is 6. The molecule has 408 valence electrons. The molecule has 0 amide bonds. The van der Waals surface area contributed by atoms with Crippen molar-refractivity contribution >= 4 is 64.6 Å². The van der Waals surface area contributed by atoms with Gasteiger partial charge in [0.1, 0.15) is 0 Å². The predicted octanol–water partition coefficient (Wildman–Crippen LogP) is 21.4. The van der Waals surface area contributed by atoms with Crippen molar-refractivity contribution in [3.63, 3.8) is 0 Å². The Labute approximate surface area is 470 Å². The standard InChI is InChI=1S/6C10H9N.6C2H6/c1-8-2-3-10-7-11-5-4-9(10)6-8;1-8-2-3-9-4-5-11-7-10(9)6-8;1-8-3-2-4-9-7-11-6-5-10(8)9;1-8-3-2-4-9-5-6-11-7-10(8)9;1-8-6-11-7-9-4-2-3-5-10(8)9;1-8-6-9-4-2-3-5-10(9)7-11-8;6*1-2/h6*2-7H,1H3;6*1-2H3. The maximum Gasteiger partial charge on any atom is 0.0379 e. The zero-order chi connectivity index (χ0) is 58.1. The van der Waals surface area contributed by atoms with E-state index in [1.54, 1.807) is 0 Å². The number of benzene rings is 6. The van der Waals surface area contributed by atoms with Crippen LogP contribution >= 0.6 is 0 Å². The maximum atomic E-state index is 4.21. The molecule has 12 rings (SSSR count). The predicted molar refractivity (Wildman–Crippen MR) is 347 cm³/mol. The van der Waals surface area contributed by atoms with Crippen LogP contribution in [-0.4, -0.2) is 29.9 Å². The Morgan fingerprint density at radius 2 is 0.628 bits per heavy atom. The molecule has 0 spiro atoms. The molecule has 12 aromatic rings. The monoisotopic (exact) mass is 1040 g/mol. The van der Waals surface area contributed by atoms with E-state index in [2.05, 4.69) is 174 Å². The van der Waals surface area contributed by atoms with Gasteiger partial charge in [0.15, 0.2) is 0 Å². The molecule has 6 aromatic carbocycles. The van der Waals surface area contributed by atoms with E-state index in [1.807, 2.05) is 201 Å². The first kappa shape index (κ1) is 67.8. The van der Waals surface area contributed by atoms with Crippen LogP contribution in [0.2, 0.25) is 0 Å². The minimum Gasteiger partial charge on any atom is -0.264 e. The van der Waals surface area contributed by atoms with Gasteiger partial charge in [0.25, 0.3) is 0 Å². The third-order valence-electron chi connectivity index (χ3n) is 11.0. The van der Waals surface area contributed by atoms with Gasteiger partial charge in [-0.3, -0.25) is 29.9 Å². The summed E-state index contributed by atoms with van der Waals surface area (Å²) in [6, 6.07) is 52.0. The summed E-state index contributed by atoms with van der Waals surface area (Å²) in [4.78, 5) is 24.5. The van der Waals surface area contributed by atoms with Crippen LogP contribution in [0, 0.1) is 41.5 Å². The Balaban J connectivity index is 0.000000450. The quantitative estimate of drug-likeness (QED) is 0.151. The minimum absolute atomic E-state index is 1.07. The molecule has 6 nitrogen and oxygen atoms in total. The number of rotatable bonds is 0. The van der Waals surface area contributed by atoms with Crippen LogP contribution in [0.1, 0.15) is 117 Å². The summed E-state index contributed by atoms with van der Waals surface area (Å²) in [6.45, 7) is 36.5. The van der Waals surface area contributed by atoms with Gasteiger partial charge in [-0.1, -0.05) is 209 Å². The van der Waals surface area contributed by atoms with Gasteiger partial charge in [-0.2, -0.15) is 0 Å². The Bertz CT molecular complexity index is 3070. The van der Waals surface area contributed by atoms with Gasteiger partial charge >= 0.3 is 0 Å². The highest BCUT2D eigenvalue weighted by Gasteiger charge is 1.97. The summed E-state index contributed by atoms with van der Waals surface area (Å²) >= 11 is 0. The molecule has 0 unspecified atom stereocenters. The van der Waals surface area contributed by atoms with Crippen LogP contribution in [0.5, 0.6) is 0 Å². The van der Waals surface area contributed by atoms with E-state index in [0.717, 1.165) is 5.69 Å². The van der Waals surface area contributed by atoms with Gasteiger partial charge in [0.05, 0.1) is 0 Å². The number of hydrogen-bond acceptors (Lipinski definition) is 6. The molecule has 0 atom stereocenters. The largest absolute Gasteiger partial charge is 0.264 e. The molecular formula is C72H90N6. The fourth-order valence-electron chi connectivity index (χ4n) is 7.42. The van der Waals surface area contributed by atoms with Gasteiger partial charge in [-0.15, -0.1) is 0 Å². The third-order valence-corrected chi connectivity index (χ3v) is 11.0. The van der Waals surface area contributed by atoms with E-state index >= 15 is 0 Å². The van der Waals surface area contributed by atoms with E-state index in [1.165, 1.54) is 92.5 Å². The Kier molecular flexibility index (Phi) is 35.6. The summed E-state index contributed by atoms with van der Waals surface area (Å²) < 4.78 is 0. The molecule has 0 bridgehead atoms. The molecule has 6 heteroatoms. The fourth-order valence-corrected chi connectivity index (χ4v) is 7.42. The van der Waals surface area contributed by atoms with Crippen LogP contribution in [-0.2, 0) is 0 Å². The second-order valence-electron chi connectivity index (χ2n) is 16.1. The van der Waals surface area contributed by atoms with Crippen molar-refractivity contribution in [1.29, 1.82) is 0 Å². The van der Waals surface area contributed by atoms with Gasteiger partial charge < -0.3 is 0 Å².